The van der Waals surface area contributed by atoms with Crippen LogP contribution in [-0.4, -0.2) is 60.0 Å². The van der Waals surface area contributed by atoms with Crippen LogP contribution in [0.5, 0.6) is 0 Å². The number of piperidine rings is 1. The number of fused-ring (bicyclic) bond motifs is 1. The fourth-order valence-corrected chi connectivity index (χ4v) is 4.57. The number of hydrogen-bond donors (Lipinski definition) is 0. The van der Waals surface area contributed by atoms with Crippen molar-refractivity contribution in [2.24, 2.45) is 0 Å². The summed E-state index contributed by atoms with van der Waals surface area (Å²) in [6.45, 7) is 4.33. The van der Waals surface area contributed by atoms with Crippen LogP contribution in [-0.2, 0) is 0 Å². The molecule has 2 aliphatic heterocycles. The largest absolute Gasteiger partial charge is 0.366 e. The maximum atomic E-state index is 14.1. The fourth-order valence-electron chi connectivity index (χ4n) is 4.57. The van der Waals surface area contributed by atoms with Crippen molar-refractivity contribution < 1.29 is 9.18 Å². The molecular weight excluding hydrogens is 393 g/mol. The van der Waals surface area contributed by atoms with E-state index in [1.807, 2.05) is 34.1 Å². The van der Waals surface area contributed by atoms with Crippen LogP contribution < -0.4 is 9.80 Å². The maximum absolute atomic E-state index is 14.1. The molecule has 6 nitrogen and oxygen atoms in total. The summed E-state index contributed by atoms with van der Waals surface area (Å²) >= 11 is 0. The molecule has 0 atom stereocenters. The molecule has 0 bridgehead atoms. The Hall–Kier alpha value is -3.22. The summed E-state index contributed by atoms with van der Waals surface area (Å²) in [5.74, 6) is 0.703. The molecule has 7 heteroatoms. The normalized spacial score (nSPS) is 17.3. The van der Waals surface area contributed by atoms with Gasteiger partial charge < -0.3 is 14.7 Å². The Bertz CT molecular complexity index is 1090. The molecule has 0 radical (unpaired) electrons. The molecular formula is C24H26FN5O. The van der Waals surface area contributed by atoms with Gasteiger partial charge in [0.05, 0.1) is 11.2 Å². The number of carbonyl (C=O) groups is 1. The van der Waals surface area contributed by atoms with Crippen molar-refractivity contribution in [1.29, 1.82) is 0 Å². The van der Waals surface area contributed by atoms with Crippen LogP contribution in [0.15, 0.2) is 48.8 Å². The summed E-state index contributed by atoms with van der Waals surface area (Å²) in [5.41, 5.74) is 2.11. The molecule has 1 aromatic heterocycles. The lowest BCUT2D eigenvalue weighted by atomic mass is 10.1. The zero-order valence-corrected chi connectivity index (χ0v) is 17.5. The summed E-state index contributed by atoms with van der Waals surface area (Å²) < 4.78 is 14.1. The van der Waals surface area contributed by atoms with Gasteiger partial charge in [-0.15, -0.1) is 0 Å². The van der Waals surface area contributed by atoms with E-state index in [9.17, 15) is 9.18 Å². The quantitative estimate of drug-likeness (QED) is 0.648. The molecule has 2 fully saturated rings. The number of rotatable bonds is 3. The number of aromatic nitrogens is 2. The van der Waals surface area contributed by atoms with Crippen LogP contribution in [0.25, 0.3) is 10.9 Å². The van der Waals surface area contributed by atoms with Crippen molar-refractivity contribution in [3.8, 4) is 0 Å². The first-order valence-corrected chi connectivity index (χ1v) is 11.0. The Morgan fingerprint density at radius 3 is 2.39 bits per heavy atom. The van der Waals surface area contributed by atoms with E-state index < -0.39 is 0 Å². The number of halogens is 1. The van der Waals surface area contributed by atoms with Gasteiger partial charge in [-0.1, -0.05) is 12.1 Å². The Labute approximate surface area is 181 Å². The van der Waals surface area contributed by atoms with E-state index in [1.165, 1.54) is 12.5 Å². The number of para-hydroxylation sites is 1. The zero-order valence-electron chi connectivity index (χ0n) is 17.5. The predicted octanol–water partition coefficient (Wildman–Crippen LogP) is 3.72. The molecule has 3 aromatic rings. The average molecular weight is 420 g/mol. The van der Waals surface area contributed by atoms with E-state index in [0.29, 0.717) is 37.4 Å². The van der Waals surface area contributed by atoms with Gasteiger partial charge in [0.25, 0.3) is 5.91 Å². The van der Waals surface area contributed by atoms with Gasteiger partial charge >= 0.3 is 0 Å². The first kappa shape index (κ1) is 19.7. The second-order valence-corrected chi connectivity index (χ2v) is 8.21. The van der Waals surface area contributed by atoms with Crippen molar-refractivity contribution in [1.82, 2.24) is 14.9 Å². The van der Waals surface area contributed by atoms with Crippen LogP contribution in [0.2, 0.25) is 0 Å². The van der Waals surface area contributed by atoms with Gasteiger partial charge in [-0.2, -0.15) is 0 Å². The smallest absolute Gasteiger partial charge is 0.254 e. The Kier molecular flexibility index (Phi) is 5.40. The summed E-state index contributed by atoms with van der Waals surface area (Å²) in [7, 11) is 0. The van der Waals surface area contributed by atoms with Gasteiger partial charge in [-0.05, 0) is 49.6 Å². The van der Waals surface area contributed by atoms with Crippen LogP contribution in [0.1, 0.15) is 29.6 Å². The highest BCUT2D eigenvalue weighted by Gasteiger charge is 2.24. The number of benzene rings is 2. The monoisotopic (exact) mass is 419 g/mol. The van der Waals surface area contributed by atoms with Crippen molar-refractivity contribution >= 4 is 28.3 Å². The molecule has 0 saturated carbocycles. The number of piperazine rings is 1. The summed E-state index contributed by atoms with van der Waals surface area (Å²) in [5, 5.41) is 0.931. The zero-order chi connectivity index (χ0) is 21.2. The number of anilines is 2. The lowest BCUT2D eigenvalue weighted by molar-refractivity contribution is 0.0747. The summed E-state index contributed by atoms with van der Waals surface area (Å²) in [6.07, 6.45) is 5.19. The molecule has 31 heavy (non-hydrogen) atoms. The van der Waals surface area contributed by atoms with E-state index in [1.54, 1.807) is 18.5 Å². The third kappa shape index (κ3) is 3.92. The van der Waals surface area contributed by atoms with E-state index in [2.05, 4.69) is 14.9 Å². The molecule has 0 unspecified atom stereocenters. The lowest BCUT2D eigenvalue weighted by Crippen LogP contribution is -2.49. The molecule has 160 valence electrons. The van der Waals surface area contributed by atoms with E-state index >= 15 is 0 Å². The molecule has 0 N–H and O–H groups in total. The van der Waals surface area contributed by atoms with Gasteiger partial charge in [0, 0.05) is 50.2 Å². The Morgan fingerprint density at radius 2 is 1.61 bits per heavy atom. The van der Waals surface area contributed by atoms with Gasteiger partial charge in [0.15, 0.2) is 0 Å². The highest BCUT2D eigenvalue weighted by molar-refractivity contribution is 6.00. The molecule has 2 aromatic carbocycles. The first-order chi connectivity index (χ1) is 15.2. The van der Waals surface area contributed by atoms with Gasteiger partial charge in [-0.25, -0.2) is 14.4 Å². The minimum absolute atomic E-state index is 0.00327. The molecule has 3 heterocycles. The number of amides is 1. The third-order valence-corrected chi connectivity index (χ3v) is 6.28. The average Bonchev–Trinajstić information content (AvgIpc) is 2.84. The van der Waals surface area contributed by atoms with E-state index in [0.717, 1.165) is 42.7 Å². The highest BCUT2D eigenvalue weighted by atomic mass is 19.1. The van der Waals surface area contributed by atoms with Crippen molar-refractivity contribution in [3.05, 3.63) is 60.2 Å². The highest BCUT2D eigenvalue weighted by Crippen LogP contribution is 2.27. The standard InChI is InChI=1S/C24H26FN5O/c25-20-6-2-3-7-22(20)28-12-14-30(15-13-28)24(31)18-8-9-21-19(16-18)23(27-17-26-21)29-10-4-1-5-11-29/h2-3,6-9,16-17H,1,4-5,10-15H2. The van der Waals surface area contributed by atoms with Crippen molar-refractivity contribution in [2.45, 2.75) is 19.3 Å². The second-order valence-electron chi connectivity index (χ2n) is 8.21. The van der Waals surface area contributed by atoms with E-state index in [4.69, 9.17) is 0 Å². The van der Waals surface area contributed by atoms with Gasteiger partial charge in [0.2, 0.25) is 0 Å². The van der Waals surface area contributed by atoms with Crippen LogP contribution in [0.4, 0.5) is 15.9 Å². The molecule has 5 rings (SSSR count). The summed E-state index contributed by atoms with van der Waals surface area (Å²) in [6, 6.07) is 12.5. The van der Waals surface area contributed by atoms with Gasteiger partial charge in [-0.3, -0.25) is 4.79 Å². The third-order valence-electron chi connectivity index (χ3n) is 6.28. The first-order valence-electron chi connectivity index (χ1n) is 11.0. The molecule has 2 saturated heterocycles. The SMILES string of the molecule is O=C(c1ccc2ncnc(N3CCCCC3)c2c1)N1CCN(c2ccccc2F)CC1. The minimum Gasteiger partial charge on any atom is -0.366 e. The van der Waals surface area contributed by atoms with Crippen LogP contribution in [0.3, 0.4) is 0 Å². The Balaban J connectivity index is 1.35. The lowest BCUT2D eigenvalue weighted by Gasteiger charge is -2.36. The number of hydrogen-bond acceptors (Lipinski definition) is 5. The fraction of sp³-hybridized carbons (Fsp3) is 0.375. The Morgan fingerprint density at radius 1 is 0.839 bits per heavy atom. The number of carbonyl (C=O) groups excluding carboxylic acids is 1. The minimum atomic E-state index is -0.220. The molecule has 2 aliphatic rings. The van der Waals surface area contributed by atoms with Gasteiger partial charge in [0.1, 0.15) is 18.0 Å². The maximum Gasteiger partial charge on any atom is 0.254 e. The topological polar surface area (TPSA) is 52.6 Å². The van der Waals surface area contributed by atoms with E-state index in [-0.39, 0.29) is 11.7 Å². The van der Waals surface area contributed by atoms with Crippen LogP contribution >= 0.6 is 0 Å². The van der Waals surface area contributed by atoms with Crippen LogP contribution in [0, 0.1) is 5.82 Å². The summed E-state index contributed by atoms with van der Waals surface area (Å²) in [4.78, 5) is 28.3. The van der Waals surface area contributed by atoms with Crippen molar-refractivity contribution in [2.75, 3.05) is 49.1 Å². The second kappa shape index (κ2) is 8.49. The predicted molar refractivity (Wildman–Crippen MR) is 120 cm³/mol. The number of nitrogens with zero attached hydrogens (tertiary/aromatic N) is 5. The molecule has 1 amide bonds. The molecule has 0 aliphatic carbocycles. The van der Waals surface area contributed by atoms with Crippen molar-refractivity contribution in [3.63, 3.8) is 0 Å². The molecule has 0 spiro atoms.